The Labute approximate surface area is 134 Å². The van der Waals surface area contributed by atoms with E-state index < -0.39 is 14.9 Å². The number of benzene rings is 2. The van der Waals surface area contributed by atoms with Crippen molar-refractivity contribution in [1.29, 1.82) is 0 Å². The zero-order valence-electron chi connectivity index (χ0n) is 12.2. The first kappa shape index (κ1) is 17.1. The predicted molar refractivity (Wildman–Crippen MR) is 84.4 cm³/mol. The van der Waals surface area contributed by atoms with Crippen LogP contribution in [-0.4, -0.2) is 26.5 Å². The summed E-state index contributed by atoms with van der Waals surface area (Å²) in [6.07, 6.45) is 0. The minimum absolute atomic E-state index is 0.0221. The Morgan fingerprint density at radius 1 is 1.04 bits per heavy atom. The summed E-state index contributed by atoms with van der Waals surface area (Å²) in [5, 5.41) is 10.5. The average molecular weight is 336 g/mol. The van der Waals surface area contributed by atoms with E-state index in [0.29, 0.717) is 6.61 Å². The Hall–Kier alpha value is -2.29. The predicted octanol–water partition coefficient (Wildman–Crippen LogP) is 2.09. The fraction of sp³-hybridized carbons (Fsp3) is 0.200. The lowest BCUT2D eigenvalue weighted by Gasteiger charge is -2.07. The minimum atomic E-state index is -3.70. The Morgan fingerprint density at radius 2 is 1.70 bits per heavy atom. The molecule has 0 spiro atoms. The van der Waals surface area contributed by atoms with Crippen LogP contribution in [0.15, 0.2) is 59.5 Å². The molecule has 122 valence electrons. The van der Waals surface area contributed by atoms with Gasteiger partial charge in [0.15, 0.2) is 0 Å². The van der Waals surface area contributed by atoms with Gasteiger partial charge in [-0.3, -0.25) is 10.1 Å². The third-order valence-corrected chi connectivity index (χ3v) is 4.48. The van der Waals surface area contributed by atoms with Crippen molar-refractivity contribution >= 4 is 15.7 Å². The summed E-state index contributed by atoms with van der Waals surface area (Å²) >= 11 is 0. The van der Waals surface area contributed by atoms with Gasteiger partial charge in [0.05, 0.1) is 23.0 Å². The van der Waals surface area contributed by atoms with Crippen LogP contribution >= 0.6 is 0 Å². The first-order chi connectivity index (χ1) is 11.0. The molecule has 0 aliphatic carbocycles. The van der Waals surface area contributed by atoms with Gasteiger partial charge in [0.25, 0.3) is 5.69 Å². The molecule has 0 aliphatic rings. The van der Waals surface area contributed by atoms with Crippen LogP contribution in [0, 0.1) is 10.1 Å². The fourth-order valence-corrected chi connectivity index (χ4v) is 2.86. The lowest BCUT2D eigenvalue weighted by molar-refractivity contribution is -0.384. The van der Waals surface area contributed by atoms with Crippen molar-refractivity contribution in [2.45, 2.75) is 11.5 Å². The van der Waals surface area contributed by atoms with Gasteiger partial charge in [-0.05, 0) is 17.7 Å². The van der Waals surface area contributed by atoms with Gasteiger partial charge in [-0.25, -0.2) is 13.1 Å². The Kier molecular flexibility index (Phi) is 5.80. The third kappa shape index (κ3) is 5.13. The summed E-state index contributed by atoms with van der Waals surface area (Å²) in [4.78, 5) is 9.94. The Morgan fingerprint density at radius 3 is 2.30 bits per heavy atom. The number of ether oxygens (including phenoxy) is 1. The first-order valence-corrected chi connectivity index (χ1v) is 8.33. The molecule has 0 radical (unpaired) electrons. The monoisotopic (exact) mass is 336 g/mol. The number of nitro benzene ring substituents is 1. The molecule has 0 amide bonds. The lowest BCUT2D eigenvalue weighted by atomic mass is 10.2. The largest absolute Gasteiger partial charge is 0.375 e. The fourth-order valence-electron chi connectivity index (χ4n) is 1.84. The van der Waals surface area contributed by atoms with Gasteiger partial charge >= 0.3 is 0 Å². The Bertz CT molecular complexity index is 745. The second-order valence-electron chi connectivity index (χ2n) is 4.69. The summed E-state index contributed by atoms with van der Waals surface area (Å²) in [6, 6.07) is 14.2. The maximum atomic E-state index is 12.0. The van der Waals surface area contributed by atoms with E-state index in [-0.39, 0.29) is 23.7 Å². The minimum Gasteiger partial charge on any atom is -0.375 e. The molecule has 0 atom stereocenters. The van der Waals surface area contributed by atoms with Crippen LogP contribution in [0.4, 0.5) is 5.69 Å². The topological polar surface area (TPSA) is 98.5 Å². The number of hydrogen-bond donors (Lipinski definition) is 1. The molecule has 0 bridgehead atoms. The maximum Gasteiger partial charge on any atom is 0.269 e. The SMILES string of the molecule is O=[N+]([O-])c1ccc(S(=O)(=O)NCCOCc2ccccc2)cc1. The molecular weight excluding hydrogens is 320 g/mol. The number of non-ortho nitro benzene ring substituents is 1. The molecule has 0 saturated heterocycles. The van der Waals surface area contributed by atoms with Gasteiger partial charge in [-0.2, -0.15) is 0 Å². The molecule has 2 aromatic carbocycles. The lowest BCUT2D eigenvalue weighted by Crippen LogP contribution is -2.27. The van der Waals surface area contributed by atoms with E-state index in [2.05, 4.69) is 4.72 Å². The molecule has 0 saturated carbocycles. The summed E-state index contributed by atoms with van der Waals surface area (Å²) in [5.41, 5.74) is 0.848. The number of sulfonamides is 1. The Balaban J connectivity index is 1.81. The molecule has 7 nitrogen and oxygen atoms in total. The van der Waals surface area contributed by atoms with Gasteiger partial charge in [0.2, 0.25) is 10.0 Å². The van der Waals surface area contributed by atoms with Crippen LogP contribution in [0.3, 0.4) is 0 Å². The molecule has 8 heteroatoms. The normalized spacial score (nSPS) is 11.3. The molecule has 0 heterocycles. The second-order valence-corrected chi connectivity index (χ2v) is 6.45. The van der Waals surface area contributed by atoms with Gasteiger partial charge in [-0.15, -0.1) is 0 Å². The summed E-state index contributed by atoms with van der Waals surface area (Å²) in [5.74, 6) is 0. The van der Waals surface area contributed by atoms with Crippen LogP contribution < -0.4 is 4.72 Å². The quantitative estimate of drug-likeness (QED) is 0.452. The van der Waals surface area contributed by atoms with Crippen molar-refractivity contribution in [3.63, 3.8) is 0 Å². The molecule has 0 aliphatic heterocycles. The van der Waals surface area contributed by atoms with E-state index in [0.717, 1.165) is 17.7 Å². The van der Waals surface area contributed by atoms with E-state index in [1.807, 2.05) is 30.3 Å². The smallest absolute Gasteiger partial charge is 0.269 e. The first-order valence-electron chi connectivity index (χ1n) is 6.85. The molecular formula is C15H16N2O5S. The van der Waals surface area contributed by atoms with Gasteiger partial charge in [-0.1, -0.05) is 30.3 Å². The van der Waals surface area contributed by atoms with E-state index in [1.54, 1.807) is 0 Å². The van der Waals surface area contributed by atoms with Crippen molar-refractivity contribution in [2.75, 3.05) is 13.2 Å². The highest BCUT2D eigenvalue weighted by atomic mass is 32.2. The van der Waals surface area contributed by atoms with Gasteiger partial charge in [0, 0.05) is 18.7 Å². The maximum absolute atomic E-state index is 12.0. The van der Waals surface area contributed by atoms with Crippen LogP contribution in [0.5, 0.6) is 0 Å². The molecule has 0 unspecified atom stereocenters. The van der Waals surface area contributed by atoms with Crippen LogP contribution in [0.1, 0.15) is 5.56 Å². The van der Waals surface area contributed by atoms with Crippen molar-refractivity contribution in [2.24, 2.45) is 0 Å². The van der Waals surface area contributed by atoms with E-state index in [4.69, 9.17) is 4.74 Å². The molecule has 2 aromatic rings. The highest BCUT2D eigenvalue weighted by molar-refractivity contribution is 7.89. The van der Waals surface area contributed by atoms with Crippen molar-refractivity contribution in [1.82, 2.24) is 4.72 Å². The molecule has 1 N–H and O–H groups in total. The van der Waals surface area contributed by atoms with Crippen LogP contribution in [-0.2, 0) is 21.4 Å². The zero-order valence-corrected chi connectivity index (χ0v) is 13.0. The molecule has 0 aromatic heterocycles. The summed E-state index contributed by atoms with van der Waals surface area (Å²) in [6.45, 7) is 0.743. The summed E-state index contributed by atoms with van der Waals surface area (Å²) < 4.78 is 31.8. The van der Waals surface area contributed by atoms with E-state index in [1.165, 1.54) is 12.1 Å². The van der Waals surface area contributed by atoms with Crippen LogP contribution in [0.2, 0.25) is 0 Å². The molecule has 0 fully saturated rings. The number of nitrogens with one attached hydrogen (secondary N) is 1. The average Bonchev–Trinajstić information content (AvgIpc) is 2.55. The standard InChI is InChI=1S/C15H16N2O5S/c18-17(19)14-6-8-15(9-7-14)23(20,21)16-10-11-22-12-13-4-2-1-3-5-13/h1-9,16H,10-12H2. The number of rotatable bonds is 8. The van der Waals surface area contributed by atoms with Crippen molar-refractivity contribution < 1.29 is 18.1 Å². The van der Waals surface area contributed by atoms with Gasteiger partial charge < -0.3 is 4.74 Å². The number of nitro groups is 1. The number of hydrogen-bond acceptors (Lipinski definition) is 5. The van der Waals surface area contributed by atoms with Crippen LogP contribution in [0.25, 0.3) is 0 Å². The molecule has 2 rings (SSSR count). The highest BCUT2D eigenvalue weighted by Crippen LogP contribution is 2.15. The van der Waals surface area contributed by atoms with E-state index in [9.17, 15) is 18.5 Å². The van der Waals surface area contributed by atoms with Crippen molar-refractivity contribution in [3.8, 4) is 0 Å². The summed E-state index contributed by atoms with van der Waals surface area (Å²) in [7, 11) is -3.70. The second kappa shape index (κ2) is 7.82. The van der Waals surface area contributed by atoms with Crippen molar-refractivity contribution in [3.05, 3.63) is 70.3 Å². The number of nitrogens with zero attached hydrogens (tertiary/aromatic N) is 1. The third-order valence-electron chi connectivity index (χ3n) is 3.01. The highest BCUT2D eigenvalue weighted by Gasteiger charge is 2.15. The zero-order chi connectivity index (χ0) is 16.7. The molecule has 23 heavy (non-hydrogen) atoms. The van der Waals surface area contributed by atoms with E-state index >= 15 is 0 Å². The van der Waals surface area contributed by atoms with Gasteiger partial charge in [0.1, 0.15) is 0 Å².